The Morgan fingerprint density at radius 1 is 0.895 bits per heavy atom. The van der Waals surface area contributed by atoms with Crippen LogP contribution in [0.4, 0.5) is 0 Å². The fraction of sp³-hybridized carbons (Fsp3) is 0.368. The number of fused-ring (bicyclic) bond motifs is 3. The normalized spacial score (nSPS) is 25.8. The van der Waals surface area contributed by atoms with Gasteiger partial charge in [0.25, 0.3) is 0 Å². The Morgan fingerprint density at radius 2 is 1.58 bits per heavy atom. The molecule has 19 heavy (non-hydrogen) atoms. The molecular weight excluding hydrogens is 228 g/mol. The van der Waals surface area contributed by atoms with Crippen LogP contribution >= 0.6 is 0 Å². The van der Waals surface area contributed by atoms with Crippen molar-refractivity contribution in [2.75, 3.05) is 0 Å². The smallest absolute Gasteiger partial charge is 0.0156 e. The summed E-state index contributed by atoms with van der Waals surface area (Å²) in [4.78, 5) is 0. The predicted molar refractivity (Wildman–Crippen MR) is 80.5 cm³/mol. The van der Waals surface area contributed by atoms with E-state index in [2.05, 4.69) is 63.2 Å². The average Bonchev–Trinajstić information content (AvgIpc) is 2.72. The van der Waals surface area contributed by atoms with Crippen molar-refractivity contribution in [3.8, 4) is 11.1 Å². The summed E-state index contributed by atoms with van der Waals surface area (Å²) in [5.74, 6) is 1.27. The van der Waals surface area contributed by atoms with E-state index in [-0.39, 0.29) is 0 Å². The maximum atomic E-state index is 2.44. The third-order valence-corrected chi connectivity index (χ3v) is 5.14. The van der Waals surface area contributed by atoms with Crippen LogP contribution in [0.15, 0.2) is 42.5 Å². The van der Waals surface area contributed by atoms with Crippen molar-refractivity contribution in [2.24, 2.45) is 5.41 Å². The van der Waals surface area contributed by atoms with Gasteiger partial charge in [-0.3, -0.25) is 0 Å². The van der Waals surface area contributed by atoms with E-state index in [4.69, 9.17) is 0 Å². The topological polar surface area (TPSA) is 0 Å². The van der Waals surface area contributed by atoms with E-state index in [1.165, 1.54) is 17.5 Å². The van der Waals surface area contributed by atoms with Gasteiger partial charge >= 0.3 is 0 Å². The van der Waals surface area contributed by atoms with E-state index >= 15 is 0 Å². The highest BCUT2D eigenvalue weighted by Crippen LogP contribution is 2.60. The molecule has 0 nitrogen and oxygen atoms in total. The van der Waals surface area contributed by atoms with Gasteiger partial charge in [0.05, 0.1) is 0 Å². The van der Waals surface area contributed by atoms with Crippen molar-refractivity contribution >= 4 is 0 Å². The molecule has 2 aliphatic carbocycles. The highest BCUT2D eigenvalue weighted by molar-refractivity contribution is 5.81. The van der Waals surface area contributed by atoms with Gasteiger partial charge in [-0.05, 0) is 45.6 Å². The van der Waals surface area contributed by atoms with Crippen LogP contribution in [0.5, 0.6) is 0 Å². The molecule has 2 aromatic rings. The van der Waals surface area contributed by atoms with E-state index in [1.807, 2.05) is 0 Å². The summed E-state index contributed by atoms with van der Waals surface area (Å²) in [7, 11) is 0. The molecule has 2 atom stereocenters. The number of benzene rings is 2. The van der Waals surface area contributed by atoms with E-state index in [1.54, 1.807) is 16.7 Å². The first-order chi connectivity index (χ1) is 9.09. The summed E-state index contributed by atoms with van der Waals surface area (Å²) < 4.78 is 0. The van der Waals surface area contributed by atoms with Gasteiger partial charge in [-0.2, -0.15) is 0 Å². The van der Waals surface area contributed by atoms with E-state index in [9.17, 15) is 0 Å². The van der Waals surface area contributed by atoms with Gasteiger partial charge in [0.2, 0.25) is 0 Å². The van der Waals surface area contributed by atoms with Crippen LogP contribution in [0.25, 0.3) is 11.1 Å². The third kappa shape index (κ3) is 1.35. The van der Waals surface area contributed by atoms with Crippen molar-refractivity contribution in [2.45, 2.75) is 39.0 Å². The first kappa shape index (κ1) is 11.3. The Kier molecular flexibility index (Phi) is 2.08. The molecule has 0 radical (unpaired) electrons. The minimum Gasteiger partial charge on any atom is -0.0619 e. The Morgan fingerprint density at radius 3 is 2.42 bits per heavy atom. The highest BCUT2D eigenvalue weighted by Gasteiger charge is 2.45. The summed E-state index contributed by atoms with van der Waals surface area (Å²) in [6, 6.07) is 15.9. The second-order valence-corrected chi connectivity index (χ2v) is 6.92. The first-order valence-corrected chi connectivity index (χ1v) is 7.32. The van der Waals surface area contributed by atoms with Crippen LogP contribution < -0.4 is 0 Å². The Bertz CT molecular complexity index is 663. The lowest BCUT2D eigenvalue weighted by Crippen LogP contribution is -2.29. The lowest BCUT2D eigenvalue weighted by atomic mass is 9.62. The zero-order valence-corrected chi connectivity index (χ0v) is 11.9. The SMILES string of the molecule is CC1CC(C)(C)C2c3ccccc3-c3cccc1c32. The van der Waals surface area contributed by atoms with Gasteiger partial charge < -0.3 is 0 Å². The van der Waals surface area contributed by atoms with Gasteiger partial charge in [-0.15, -0.1) is 0 Å². The Labute approximate surface area is 115 Å². The molecule has 0 aromatic heterocycles. The summed E-state index contributed by atoms with van der Waals surface area (Å²) >= 11 is 0. The molecule has 0 spiro atoms. The molecule has 0 aliphatic heterocycles. The van der Waals surface area contributed by atoms with Crippen molar-refractivity contribution in [3.63, 3.8) is 0 Å². The van der Waals surface area contributed by atoms with Gasteiger partial charge in [0.1, 0.15) is 0 Å². The van der Waals surface area contributed by atoms with Crippen LogP contribution in [0.1, 0.15) is 55.7 Å². The maximum Gasteiger partial charge on any atom is 0.0156 e. The standard InChI is InChI=1S/C19H20/c1-12-11-19(2,3)18-16-8-5-4-7-14(16)15-10-6-9-13(12)17(15)18/h4-10,12,18H,11H2,1-3H3. The molecule has 0 fully saturated rings. The maximum absolute atomic E-state index is 2.44. The van der Waals surface area contributed by atoms with Gasteiger partial charge in [0.15, 0.2) is 0 Å². The fourth-order valence-electron chi connectivity index (χ4n) is 4.55. The zero-order valence-electron chi connectivity index (χ0n) is 11.9. The molecule has 4 rings (SSSR count). The minimum atomic E-state index is 0.356. The first-order valence-electron chi connectivity index (χ1n) is 7.32. The molecule has 2 aliphatic rings. The van der Waals surface area contributed by atoms with Crippen molar-refractivity contribution in [1.29, 1.82) is 0 Å². The fourth-order valence-corrected chi connectivity index (χ4v) is 4.55. The Balaban J connectivity index is 2.11. The molecule has 0 heteroatoms. The van der Waals surface area contributed by atoms with Crippen molar-refractivity contribution in [3.05, 3.63) is 59.2 Å². The van der Waals surface area contributed by atoms with Crippen LogP contribution in [-0.2, 0) is 0 Å². The number of hydrogen-bond donors (Lipinski definition) is 0. The summed E-state index contributed by atoms with van der Waals surface area (Å²) in [6.45, 7) is 7.27. The lowest BCUT2D eigenvalue weighted by molar-refractivity contribution is 0.255. The van der Waals surface area contributed by atoms with Crippen LogP contribution in [0.2, 0.25) is 0 Å². The predicted octanol–water partition coefficient (Wildman–Crippen LogP) is 5.33. The number of hydrogen-bond acceptors (Lipinski definition) is 0. The average molecular weight is 248 g/mol. The molecular formula is C19H20. The van der Waals surface area contributed by atoms with Gasteiger partial charge in [-0.25, -0.2) is 0 Å². The lowest BCUT2D eigenvalue weighted by Gasteiger charge is -2.41. The highest BCUT2D eigenvalue weighted by atomic mass is 14.5. The summed E-state index contributed by atoms with van der Waals surface area (Å²) in [6.07, 6.45) is 1.28. The van der Waals surface area contributed by atoms with Crippen LogP contribution in [-0.4, -0.2) is 0 Å². The van der Waals surface area contributed by atoms with Gasteiger partial charge in [-0.1, -0.05) is 63.2 Å². The van der Waals surface area contributed by atoms with Crippen molar-refractivity contribution in [1.82, 2.24) is 0 Å². The van der Waals surface area contributed by atoms with Crippen LogP contribution in [0, 0.1) is 5.41 Å². The summed E-state index contributed by atoms with van der Waals surface area (Å²) in [5.41, 5.74) is 8.05. The molecule has 0 heterocycles. The molecule has 2 aromatic carbocycles. The van der Waals surface area contributed by atoms with Crippen LogP contribution in [0.3, 0.4) is 0 Å². The zero-order chi connectivity index (χ0) is 13.2. The molecule has 96 valence electrons. The van der Waals surface area contributed by atoms with Gasteiger partial charge in [0, 0.05) is 5.92 Å². The summed E-state index contributed by atoms with van der Waals surface area (Å²) in [5, 5.41) is 0. The van der Waals surface area contributed by atoms with E-state index < -0.39 is 0 Å². The second kappa shape index (κ2) is 3.50. The molecule has 0 saturated carbocycles. The monoisotopic (exact) mass is 248 g/mol. The quantitative estimate of drug-likeness (QED) is 0.591. The third-order valence-electron chi connectivity index (χ3n) is 5.14. The molecule has 0 amide bonds. The molecule has 0 saturated heterocycles. The molecule has 0 N–H and O–H groups in total. The number of rotatable bonds is 0. The largest absolute Gasteiger partial charge is 0.0619 e. The van der Waals surface area contributed by atoms with E-state index in [0.717, 1.165) is 0 Å². The second-order valence-electron chi connectivity index (χ2n) is 6.92. The molecule has 2 unspecified atom stereocenters. The molecule has 0 bridgehead atoms. The Hall–Kier alpha value is -1.56. The van der Waals surface area contributed by atoms with Crippen molar-refractivity contribution < 1.29 is 0 Å². The minimum absolute atomic E-state index is 0.356. The van der Waals surface area contributed by atoms with E-state index in [0.29, 0.717) is 17.3 Å².